The number of carbonyl (C=O) groups excluding carboxylic acids is 2. The van der Waals surface area contributed by atoms with Crippen molar-refractivity contribution in [1.29, 1.82) is 0 Å². The van der Waals surface area contributed by atoms with Crippen LogP contribution in [-0.4, -0.2) is 30.2 Å². The zero-order valence-electron chi connectivity index (χ0n) is 19.1. The topological polar surface area (TPSA) is 143 Å². The van der Waals surface area contributed by atoms with Gasteiger partial charge in [-0.2, -0.15) is 0 Å². The Morgan fingerprint density at radius 3 is 2.03 bits per heavy atom. The molecule has 35 heavy (non-hydrogen) atoms. The van der Waals surface area contributed by atoms with Gasteiger partial charge in [-0.3, -0.25) is 4.79 Å². The SMILES string of the molecule is CNC(=O)c1c(-c2ccc(F)cc2)oc2ccc(-c3cccc(C(=O)O)c3)cc12.O=C([O-])[O-].[Cs+].[Cs+]. The van der Waals surface area contributed by atoms with E-state index in [-0.39, 0.29) is 155 Å². The predicted octanol–water partition coefficient (Wildman–Crippen LogP) is -3.48. The Morgan fingerprint density at radius 2 is 1.46 bits per heavy atom. The largest absolute Gasteiger partial charge is 1.00 e. The van der Waals surface area contributed by atoms with Crippen LogP contribution in [-0.2, 0) is 0 Å². The van der Waals surface area contributed by atoms with Crippen molar-refractivity contribution in [2.75, 3.05) is 7.05 Å². The summed E-state index contributed by atoms with van der Waals surface area (Å²) < 4.78 is 19.2. The smallest absolute Gasteiger partial charge is 0.652 e. The van der Waals surface area contributed by atoms with E-state index in [4.69, 9.17) is 19.4 Å². The molecule has 1 aromatic heterocycles. The van der Waals surface area contributed by atoms with Gasteiger partial charge in [-0.1, -0.05) is 18.2 Å². The number of benzene rings is 3. The van der Waals surface area contributed by atoms with Gasteiger partial charge < -0.3 is 29.8 Å². The average Bonchev–Trinajstić information content (AvgIpc) is 3.17. The molecule has 0 fully saturated rings. The molecular weight excluding hydrogens is 699 g/mol. The van der Waals surface area contributed by atoms with E-state index < -0.39 is 12.1 Å². The van der Waals surface area contributed by atoms with Gasteiger partial charge in [0.15, 0.2) is 0 Å². The van der Waals surface area contributed by atoms with Gasteiger partial charge in [0, 0.05) is 18.0 Å². The Bertz CT molecular complexity index is 1350. The molecule has 0 radical (unpaired) electrons. The van der Waals surface area contributed by atoms with Crippen molar-refractivity contribution in [3.8, 4) is 22.5 Å². The molecule has 3 aromatic carbocycles. The first-order valence-electron chi connectivity index (χ1n) is 9.47. The summed E-state index contributed by atoms with van der Waals surface area (Å²) in [5.41, 5.74) is 3.05. The van der Waals surface area contributed by atoms with Gasteiger partial charge in [0.2, 0.25) is 0 Å². The summed E-state index contributed by atoms with van der Waals surface area (Å²) >= 11 is 0. The zero-order chi connectivity index (χ0) is 24.1. The maximum absolute atomic E-state index is 13.3. The molecule has 0 aliphatic heterocycles. The van der Waals surface area contributed by atoms with E-state index in [1.165, 1.54) is 25.2 Å². The summed E-state index contributed by atoms with van der Waals surface area (Å²) in [4.78, 5) is 32.2. The van der Waals surface area contributed by atoms with Gasteiger partial charge in [0.05, 0.1) is 11.1 Å². The molecule has 0 unspecified atom stereocenters. The van der Waals surface area contributed by atoms with Crippen molar-refractivity contribution in [2.24, 2.45) is 0 Å². The van der Waals surface area contributed by atoms with Crippen LogP contribution in [0.1, 0.15) is 20.7 Å². The molecule has 0 saturated heterocycles. The summed E-state index contributed by atoms with van der Waals surface area (Å²) in [6.07, 6.45) is -2.33. The number of hydrogen-bond donors (Lipinski definition) is 2. The first-order chi connectivity index (χ1) is 15.7. The standard InChI is InChI=1S/C23H16FNO4.CH2O3.2Cs/c1-25-22(26)20-18-12-15(14-3-2-4-16(11-14)23(27)28)7-10-19(18)29-21(20)13-5-8-17(24)9-6-13;2-1(3)4;;/h2-12H,1H3,(H,25,26)(H,27,28);(H2,2,3,4);;/q;;2*+1/p-2. The molecule has 1 amide bonds. The monoisotopic (exact) mass is 715 g/mol. The maximum atomic E-state index is 13.3. The van der Waals surface area contributed by atoms with Gasteiger partial charge in [-0.05, 0) is 65.8 Å². The Labute approximate surface area is 317 Å². The summed E-state index contributed by atoms with van der Waals surface area (Å²) in [5, 5.41) is 29.1. The van der Waals surface area contributed by atoms with Gasteiger partial charge in [0.25, 0.3) is 5.91 Å². The number of carbonyl (C=O) groups is 3. The molecule has 0 bridgehead atoms. The second-order valence-electron chi connectivity index (χ2n) is 6.74. The molecule has 0 saturated carbocycles. The van der Waals surface area contributed by atoms with Crippen LogP contribution < -0.4 is 153 Å². The molecule has 11 heteroatoms. The van der Waals surface area contributed by atoms with Gasteiger partial charge in [-0.15, -0.1) is 0 Å². The molecule has 8 nitrogen and oxygen atoms in total. The number of carboxylic acid groups (broad SMARTS) is 3. The molecule has 168 valence electrons. The first kappa shape index (κ1) is 32.5. The number of carboxylic acids is 1. The third kappa shape index (κ3) is 8.48. The average molecular weight is 715 g/mol. The number of rotatable bonds is 4. The van der Waals surface area contributed by atoms with Crippen LogP contribution in [0.15, 0.2) is 71.1 Å². The molecule has 0 atom stereocenters. The Kier molecular flexibility index (Phi) is 13.9. The Morgan fingerprint density at radius 1 is 0.886 bits per heavy atom. The second-order valence-corrected chi connectivity index (χ2v) is 6.74. The van der Waals surface area contributed by atoms with E-state index in [1.807, 2.05) is 0 Å². The minimum atomic E-state index is -2.33. The van der Waals surface area contributed by atoms with E-state index in [0.29, 0.717) is 33.4 Å². The Hall–Kier alpha value is -0.556. The summed E-state index contributed by atoms with van der Waals surface area (Å²) in [6.45, 7) is 0. The maximum Gasteiger partial charge on any atom is 1.00 e. The number of hydrogen-bond acceptors (Lipinski definition) is 6. The number of fused-ring (bicyclic) bond motifs is 1. The number of halogens is 1. The fraction of sp³-hybridized carbons (Fsp3) is 0.0417. The van der Waals surface area contributed by atoms with Crippen LogP contribution in [0.25, 0.3) is 33.4 Å². The van der Waals surface area contributed by atoms with Crippen LogP contribution in [0.4, 0.5) is 9.18 Å². The van der Waals surface area contributed by atoms with Crippen molar-refractivity contribution in [3.05, 3.63) is 83.7 Å². The van der Waals surface area contributed by atoms with Crippen molar-refractivity contribution >= 4 is 29.0 Å². The zero-order valence-corrected chi connectivity index (χ0v) is 31.7. The quantitative estimate of drug-likeness (QED) is 0.224. The molecule has 2 N–H and O–H groups in total. The minimum Gasteiger partial charge on any atom is -0.652 e. The molecule has 1 heterocycles. The minimum absolute atomic E-state index is 0. The van der Waals surface area contributed by atoms with Crippen LogP contribution in [0.5, 0.6) is 0 Å². The second kappa shape index (κ2) is 15.0. The van der Waals surface area contributed by atoms with E-state index in [1.54, 1.807) is 48.5 Å². The summed E-state index contributed by atoms with van der Waals surface area (Å²) in [6, 6.07) is 17.6. The number of nitrogens with one attached hydrogen (secondary N) is 1. The normalized spacial score (nSPS) is 9.66. The summed E-state index contributed by atoms with van der Waals surface area (Å²) in [5.74, 6) is -1.39. The third-order valence-electron chi connectivity index (χ3n) is 4.69. The molecular formula is C24H16Cs2FNO7. The molecule has 0 aliphatic carbocycles. The van der Waals surface area contributed by atoms with Crippen LogP contribution in [0.3, 0.4) is 0 Å². The van der Waals surface area contributed by atoms with Crippen molar-refractivity contribution < 1.29 is 176 Å². The van der Waals surface area contributed by atoms with Crippen LogP contribution in [0.2, 0.25) is 0 Å². The van der Waals surface area contributed by atoms with Crippen molar-refractivity contribution in [2.45, 2.75) is 0 Å². The van der Waals surface area contributed by atoms with E-state index in [9.17, 15) is 19.1 Å². The molecule has 0 spiro atoms. The number of amides is 1. The Balaban J connectivity index is 0.000000950. The van der Waals surface area contributed by atoms with Gasteiger partial charge >= 0.3 is 144 Å². The molecule has 4 rings (SSSR count). The third-order valence-corrected chi connectivity index (χ3v) is 4.69. The number of furan rings is 1. The van der Waals surface area contributed by atoms with E-state index >= 15 is 0 Å². The first-order valence-corrected chi connectivity index (χ1v) is 9.47. The van der Waals surface area contributed by atoms with E-state index in [2.05, 4.69) is 5.32 Å². The van der Waals surface area contributed by atoms with E-state index in [0.717, 1.165) is 5.56 Å². The summed E-state index contributed by atoms with van der Waals surface area (Å²) in [7, 11) is 1.52. The van der Waals surface area contributed by atoms with Crippen LogP contribution >= 0.6 is 0 Å². The van der Waals surface area contributed by atoms with Crippen molar-refractivity contribution in [3.63, 3.8) is 0 Å². The predicted molar refractivity (Wildman–Crippen MR) is 113 cm³/mol. The van der Waals surface area contributed by atoms with Crippen LogP contribution in [0, 0.1) is 5.82 Å². The van der Waals surface area contributed by atoms with Crippen molar-refractivity contribution in [1.82, 2.24) is 5.32 Å². The fourth-order valence-electron chi connectivity index (χ4n) is 3.26. The fourth-order valence-corrected chi connectivity index (χ4v) is 3.26. The van der Waals surface area contributed by atoms with Gasteiger partial charge in [-0.25, -0.2) is 9.18 Å². The van der Waals surface area contributed by atoms with Gasteiger partial charge in [0.1, 0.15) is 17.2 Å². The molecule has 4 aromatic rings. The molecule has 0 aliphatic rings. The number of aromatic carboxylic acids is 1.